The molecule has 1 amide bonds. The molecule has 2 atom stereocenters. The summed E-state index contributed by atoms with van der Waals surface area (Å²) in [6, 6.07) is -0.625. The molecule has 6 nitrogen and oxygen atoms in total. The second-order valence-electron chi connectivity index (χ2n) is 26.0. The predicted octanol–water partition coefficient (Wildman–Crippen LogP) is 24.7. The molecule has 0 radical (unpaired) electrons. The van der Waals surface area contributed by atoms with E-state index < -0.39 is 12.1 Å². The van der Waals surface area contributed by atoms with E-state index in [0.29, 0.717) is 19.4 Å². The van der Waals surface area contributed by atoms with Crippen LogP contribution in [0.3, 0.4) is 0 Å². The van der Waals surface area contributed by atoms with Gasteiger partial charge in [-0.2, -0.15) is 0 Å². The zero-order chi connectivity index (χ0) is 59.9. The van der Waals surface area contributed by atoms with Gasteiger partial charge in [0.25, 0.3) is 0 Å². The van der Waals surface area contributed by atoms with E-state index in [0.717, 1.165) is 38.5 Å². The van der Waals surface area contributed by atoms with Gasteiger partial charge in [-0.25, -0.2) is 0 Å². The first kappa shape index (κ1) is 81.1. The first-order valence-electron chi connectivity index (χ1n) is 37.8. The minimum atomic E-state index is -0.842. The van der Waals surface area contributed by atoms with Crippen molar-refractivity contribution in [1.82, 2.24) is 5.32 Å². The molecule has 0 spiro atoms. The highest BCUT2D eigenvalue weighted by atomic mass is 16.5. The molecule has 2 unspecified atom stereocenters. The van der Waals surface area contributed by atoms with Gasteiger partial charge in [0.05, 0.1) is 25.4 Å². The SMILES string of the molecule is CCCCCCCC/C=C\CCCCCCCCCCCC(=O)OCCCCCCCCCCCCCC/C=C\CCCCCCCCCCCCCCCCCCCC(=O)NC(CO)C(O)/C=C/CCCCCCCCCCCCCC. The molecule has 0 aliphatic rings. The van der Waals surface area contributed by atoms with Crippen LogP contribution in [0, 0.1) is 0 Å². The zero-order valence-corrected chi connectivity index (χ0v) is 56.2. The van der Waals surface area contributed by atoms with Gasteiger partial charge < -0.3 is 20.3 Å². The molecule has 0 aromatic carbocycles. The lowest BCUT2D eigenvalue weighted by atomic mass is 10.0. The van der Waals surface area contributed by atoms with Gasteiger partial charge in [-0.1, -0.05) is 359 Å². The van der Waals surface area contributed by atoms with Gasteiger partial charge in [-0.05, 0) is 83.5 Å². The predicted molar refractivity (Wildman–Crippen MR) is 366 cm³/mol. The van der Waals surface area contributed by atoms with Crippen LogP contribution >= 0.6 is 0 Å². The van der Waals surface area contributed by atoms with Crippen molar-refractivity contribution in [2.24, 2.45) is 0 Å². The zero-order valence-electron chi connectivity index (χ0n) is 56.2. The maximum Gasteiger partial charge on any atom is 0.305 e. The van der Waals surface area contributed by atoms with Crippen molar-refractivity contribution < 1.29 is 24.5 Å². The second-order valence-corrected chi connectivity index (χ2v) is 26.0. The number of rotatable bonds is 71. The van der Waals surface area contributed by atoms with Gasteiger partial charge in [0.2, 0.25) is 5.91 Å². The number of carbonyl (C=O) groups is 2. The van der Waals surface area contributed by atoms with Crippen LogP contribution in [0.4, 0.5) is 0 Å². The molecule has 0 aliphatic heterocycles. The summed E-state index contributed by atoms with van der Waals surface area (Å²) in [7, 11) is 0. The van der Waals surface area contributed by atoms with E-state index in [1.54, 1.807) is 6.08 Å². The molecule has 0 saturated carbocycles. The summed E-state index contributed by atoms with van der Waals surface area (Å²) in [5.74, 6) is -0.0443. The average molecular weight is 1170 g/mol. The summed E-state index contributed by atoms with van der Waals surface area (Å²) in [5, 5.41) is 23.2. The van der Waals surface area contributed by atoms with Crippen LogP contribution in [0.2, 0.25) is 0 Å². The first-order chi connectivity index (χ1) is 41.0. The lowest BCUT2D eigenvalue weighted by Gasteiger charge is -2.20. The molecule has 6 heteroatoms. The summed E-state index contributed by atoms with van der Waals surface area (Å²) in [6.45, 7) is 4.93. The van der Waals surface area contributed by atoms with Crippen LogP contribution in [-0.4, -0.2) is 47.4 Å². The van der Waals surface area contributed by atoms with Crippen LogP contribution in [0.1, 0.15) is 418 Å². The second kappa shape index (κ2) is 72.6. The van der Waals surface area contributed by atoms with Gasteiger partial charge in [0.1, 0.15) is 0 Å². The van der Waals surface area contributed by atoms with Crippen molar-refractivity contribution in [2.45, 2.75) is 431 Å². The van der Waals surface area contributed by atoms with E-state index in [9.17, 15) is 19.8 Å². The Labute approximate surface area is 519 Å². The number of ether oxygens (including phenoxy) is 1. The van der Waals surface area contributed by atoms with E-state index in [2.05, 4.69) is 43.5 Å². The van der Waals surface area contributed by atoms with Crippen molar-refractivity contribution in [3.05, 3.63) is 36.5 Å². The number of amides is 1. The fourth-order valence-electron chi connectivity index (χ4n) is 11.9. The van der Waals surface area contributed by atoms with Crippen molar-refractivity contribution in [2.75, 3.05) is 13.2 Å². The molecule has 3 N–H and O–H groups in total. The number of aliphatic hydroxyl groups excluding tert-OH is 2. The van der Waals surface area contributed by atoms with Gasteiger partial charge >= 0.3 is 5.97 Å². The molecule has 83 heavy (non-hydrogen) atoms. The van der Waals surface area contributed by atoms with Crippen LogP contribution in [-0.2, 0) is 14.3 Å². The van der Waals surface area contributed by atoms with E-state index >= 15 is 0 Å². The molecular formula is C77H147NO5. The van der Waals surface area contributed by atoms with Gasteiger partial charge in [0.15, 0.2) is 0 Å². The molecule has 0 fully saturated rings. The number of unbranched alkanes of at least 4 members (excludes halogenated alkanes) is 56. The third-order valence-electron chi connectivity index (χ3n) is 17.6. The quantitative estimate of drug-likeness (QED) is 0.0320. The van der Waals surface area contributed by atoms with Gasteiger partial charge in [0, 0.05) is 12.8 Å². The maximum atomic E-state index is 12.5. The fourth-order valence-corrected chi connectivity index (χ4v) is 11.9. The summed E-state index contributed by atoms with van der Waals surface area (Å²) >= 11 is 0. The number of allylic oxidation sites excluding steroid dienone is 5. The topological polar surface area (TPSA) is 95.9 Å². The molecule has 490 valence electrons. The molecular weight excluding hydrogens is 1020 g/mol. The number of carbonyl (C=O) groups excluding carboxylic acids is 2. The summed E-state index contributed by atoms with van der Waals surface area (Å²) in [5.41, 5.74) is 0. The Morgan fingerprint density at radius 2 is 0.566 bits per heavy atom. The number of hydrogen-bond acceptors (Lipinski definition) is 5. The highest BCUT2D eigenvalue weighted by Gasteiger charge is 2.18. The number of nitrogens with one attached hydrogen (secondary N) is 1. The van der Waals surface area contributed by atoms with Crippen LogP contribution in [0.25, 0.3) is 0 Å². The van der Waals surface area contributed by atoms with Crippen LogP contribution < -0.4 is 5.32 Å². The minimum absolute atomic E-state index is 0.0186. The average Bonchev–Trinajstić information content (AvgIpc) is 3.49. The third kappa shape index (κ3) is 69.1. The lowest BCUT2D eigenvalue weighted by Crippen LogP contribution is -2.45. The highest BCUT2D eigenvalue weighted by Crippen LogP contribution is 2.19. The van der Waals surface area contributed by atoms with E-state index in [1.165, 1.54) is 353 Å². The molecule has 0 aliphatic carbocycles. The monoisotopic (exact) mass is 1170 g/mol. The Kier molecular flexibility index (Phi) is 70.9. The number of aliphatic hydroxyl groups is 2. The molecule has 0 aromatic rings. The fraction of sp³-hybridized carbons (Fsp3) is 0.896. The largest absolute Gasteiger partial charge is 0.466 e. The Morgan fingerprint density at radius 3 is 0.855 bits per heavy atom. The van der Waals surface area contributed by atoms with E-state index in [1.807, 2.05) is 6.08 Å². The maximum absolute atomic E-state index is 12.5. The highest BCUT2D eigenvalue weighted by molar-refractivity contribution is 5.76. The smallest absolute Gasteiger partial charge is 0.305 e. The number of hydrogen-bond donors (Lipinski definition) is 3. The summed E-state index contributed by atoms with van der Waals surface area (Å²) in [6.07, 6.45) is 94.0. The third-order valence-corrected chi connectivity index (χ3v) is 17.6. The standard InChI is InChI=1S/C77H147NO5/c1-3-5-7-9-11-13-15-17-19-20-36-40-43-47-51-55-59-63-67-71-77(82)83-72-68-64-60-56-52-48-44-41-38-35-33-31-29-27-25-23-21-22-24-26-28-30-32-34-37-39-42-46-50-54-58-62-66-70-76(81)78-74(73-79)75(80)69-65-61-57-53-49-45-18-16-14-12-10-8-6-4-2/h17,19,25,27,65,69,74-75,79-80H,3-16,18,20-24,26,28-64,66-68,70-73H2,1-2H3,(H,78,81)/b19-17-,27-25-,69-65+. The first-order valence-corrected chi connectivity index (χ1v) is 37.8. The molecule has 0 saturated heterocycles. The Balaban J connectivity index is 3.34. The summed E-state index contributed by atoms with van der Waals surface area (Å²) < 4.78 is 5.51. The Bertz CT molecular complexity index is 1340. The van der Waals surface area contributed by atoms with Crippen LogP contribution in [0.15, 0.2) is 36.5 Å². The summed E-state index contributed by atoms with van der Waals surface area (Å²) in [4.78, 5) is 24.6. The van der Waals surface area contributed by atoms with Crippen molar-refractivity contribution in [3.8, 4) is 0 Å². The van der Waals surface area contributed by atoms with Gasteiger partial charge in [-0.3, -0.25) is 9.59 Å². The Hall–Kier alpha value is -1.92. The van der Waals surface area contributed by atoms with E-state index in [-0.39, 0.29) is 18.5 Å². The molecule has 0 bridgehead atoms. The van der Waals surface area contributed by atoms with Crippen molar-refractivity contribution in [3.63, 3.8) is 0 Å². The molecule has 0 rings (SSSR count). The lowest BCUT2D eigenvalue weighted by molar-refractivity contribution is -0.143. The normalized spacial score (nSPS) is 12.7. The van der Waals surface area contributed by atoms with E-state index in [4.69, 9.17) is 4.74 Å². The molecule has 0 heterocycles. The number of esters is 1. The van der Waals surface area contributed by atoms with Crippen LogP contribution in [0.5, 0.6) is 0 Å². The van der Waals surface area contributed by atoms with Crippen molar-refractivity contribution >= 4 is 11.9 Å². The van der Waals surface area contributed by atoms with Gasteiger partial charge in [-0.15, -0.1) is 0 Å². The Morgan fingerprint density at radius 1 is 0.325 bits per heavy atom. The molecule has 0 aromatic heterocycles. The van der Waals surface area contributed by atoms with Crippen molar-refractivity contribution in [1.29, 1.82) is 0 Å². The minimum Gasteiger partial charge on any atom is -0.466 e.